The highest BCUT2D eigenvalue weighted by Crippen LogP contribution is 2.49. The minimum absolute atomic E-state index is 0.0636. The number of nitrogens with one attached hydrogen (secondary N) is 2. The summed E-state index contributed by atoms with van der Waals surface area (Å²) in [5.41, 5.74) is 0.928. The number of rotatable bonds is 5. The maximum Gasteiger partial charge on any atom is 0.243 e. The van der Waals surface area contributed by atoms with Gasteiger partial charge < -0.3 is 10.6 Å². The van der Waals surface area contributed by atoms with E-state index >= 15 is 0 Å². The fraction of sp³-hybridized carbons (Fsp3) is 0.619. The molecule has 3 fully saturated rings. The number of fused-ring (bicyclic) bond motifs is 2. The van der Waals surface area contributed by atoms with E-state index in [0.29, 0.717) is 18.1 Å². The Balaban J connectivity index is 1.28. The van der Waals surface area contributed by atoms with E-state index < -0.39 is 6.04 Å². The Morgan fingerprint density at radius 2 is 2.07 bits per heavy atom. The summed E-state index contributed by atoms with van der Waals surface area (Å²) in [6.07, 6.45) is 5.76. The first kappa shape index (κ1) is 18.8. The molecule has 146 valence electrons. The monoisotopic (exact) mass is 390 g/mol. The third-order valence-electron chi connectivity index (χ3n) is 6.53. The lowest BCUT2D eigenvalue weighted by Gasteiger charge is -2.32. The summed E-state index contributed by atoms with van der Waals surface area (Å²) >= 11 is 1.51. The van der Waals surface area contributed by atoms with Crippen LogP contribution in [-0.4, -0.2) is 34.9 Å². The number of thioether (sulfide) groups is 1. The van der Waals surface area contributed by atoms with Gasteiger partial charge in [-0.3, -0.25) is 9.59 Å². The van der Waals surface area contributed by atoms with Gasteiger partial charge in [-0.25, -0.2) is 4.39 Å². The molecule has 6 atom stereocenters. The lowest BCUT2D eigenvalue weighted by atomic mass is 9.84. The molecule has 1 aromatic carbocycles. The maximum absolute atomic E-state index is 13.0. The van der Waals surface area contributed by atoms with Crippen LogP contribution in [0, 0.1) is 23.6 Å². The van der Waals surface area contributed by atoms with Crippen LogP contribution in [0.2, 0.25) is 0 Å². The van der Waals surface area contributed by atoms with Gasteiger partial charge in [0.15, 0.2) is 0 Å². The molecule has 4 rings (SSSR count). The molecule has 6 heteroatoms. The predicted molar refractivity (Wildman–Crippen MR) is 105 cm³/mol. The average Bonchev–Trinajstić information content (AvgIpc) is 3.28. The van der Waals surface area contributed by atoms with Gasteiger partial charge in [0.2, 0.25) is 11.8 Å². The Labute approximate surface area is 164 Å². The predicted octanol–water partition coefficient (Wildman–Crippen LogP) is 2.91. The second-order valence-electron chi connectivity index (χ2n) is 8.35. The molecule has 1 saturated heterocycles. The molecule has 2 amide bonds. The van der Waals surface area contributed by atoms with Gasteiger partial charge in [-0.2, -0.15) is 0 Å². The van der Waals surface area contributed by atoms with E-state index in [2.05, 4.69) is 17.6 Å². The Bertz CT molecular complexity index is 711. The van der Waals surface area contributed by atoms with Crippen LogP contribution in [0.15, 0.2) is 24.3 Å². The Morgan fingerprint density at radius 1 is 1.30 bits per heavy atom. The molecule has 3 aliphatic rings. The van der Waals surface area contributed by atoms with Crippen molar-refractivity contribution >= 4 is 23.6 Å². The standard InChI is InChI=1S/C21H27FN2O2S/c1-12(17-9-14-2-5-15(17)8-14)23-20(25)18-11-27-19(21(26)24-18)10-13-3-6-16(22)7-4-13/h3-4,6-7,12,14-15,17-19H,2,5,8-11H2,1H3,(H,23,25)(H,24,26). The van der Waals surface area contributed by atoms with E-state index in [1.54, 1.807) is 12.1 Å². The van der Waals surface area contributed by atoms with Crippen LogP contribution in [0.4, 0.5) is 4.39 Å². The van der Waals surface area contributed by atoms with Gasteiger partial charge in [0, 0.05) is 11.8 Å². The van der Waals surface area contributed by atoms with Crippen LogP contribution < -0.4 is 10.6 Å². The first-order valence-corrected chi connectivity index (χ1v) is 11.0. The van der Waals surface area contributed by atoms with Gasteiger partial charge in [-0.15, -0.1) is 11.8 Å². The van der Waals surface area contributed by atoms with Gasteiger partial charge in [0.1, 0.15) is 11.9 Å². The molecule has 0 aromatic heterocycles. The Kier molecular flexibility index (Phi) is 5.44. The third-order valence-corrected chi connectivity index (χ3v) is 7.84. The minimum Gasteiger partial charge on any atom is -0.352 e. The van der Waals surface area contributed by atoms with Gasteiger partial charge in [-0.05, 0) is 68.1 Å². The van der Waals surface area contributed by atoms with Crippen molar-refractivity contribution in [1.82, 2.24) is 10.6 Å². The molecule has 27 heavy (non-hydrogen) atoms. The fourth-order valence-electron chi connectivity index (χ4n) is 5.06. The summed E-state index contributed by atoms with van der Waals surface area (Å²) in [5.74, 6) is 2.34. The molecule has 1 aromatic rings. The first-order chi connectivity index (χ1) is 13.0. The average molecular weight is 391 g/mol. The summed E-state index contributed by atoms with van der Waals surface area (Å²) in [5, 5.41) is 5.81. The van der Waals surface area contributed by atoms with E-state index in [1.807, 2.05) is 0 Å². The zero-order valence-corrected chi connectivity index (χ0v) is 16.4. The van der Waals surface area contributed by atoms with Crippen molar-refractivity contribution in [2.75, 3.05) is 5.75 Å². The van der Waals surface area contributed by atoms with Crippen LogP contribution in [0.3, 0.4) is 0 Å². The summed E-state index contributed by atoms with van der Waals surface area (Å²) in [6, 6.07) is 5.94. The van der Waals surface area contributed by atoms with E-state index in [4.69, 9.17) is 0 Å². The van der Waals surface area contributed by atoms with E-state index in [1.165, 1.54) is 49.6 Å². The van der Waals surface area contributed by atoms with E-state index in [9.17, 15) is 14.0 Å². The number of carbonyl (C=O) groups is 2. The number of hydrogen-bond donors (Lipinski definition) is 2. The highest BCUT2D eigenvalue weighted by Gasteiger charge is 2.42. The molecule has 0 spiro atoms. The van der Waals surface area contributed by atoms with Crippen molar-refractivity contribution in [3.8, 4) is 0 Å². The van der Waals surface area contributed by atoms with Gasteiger partial charge in [0.25, 0.3) is 0 Å². The SMILES string of the molecule is CC(NC(=O)C1CSC(Cc2ccc(F)cc2)C(=O)N1)C1CC2CCC1C2. The number of carbonyl (C=O) groups excluding carboxylic acids is 2. The Morgan fingerprint density at radius 3 is 2.70 bits per heavy atom. The summed E-state index contributed by atoms with van der Waals surface area (Å²) in [4.78, 5) is 25.1. The van der Waals surface area contributed by atoms with E-state index in [0.717, 1.165) is 17.4 Å². The minimum atomic E-state index is -0.465. The number of benzene rings is 1. The number of halogens is 1. The topological polar surface area (TPSA) is 58.2 Å². The molecule has 6 unspecified atom stereocenters. The maximum atomic E-state index is 13.0. The van der Waals surface area contributed by atoms with Crippen LogP contribution >= 0.6 is 11.8 Å². The van der Waals surface area contributed by atoms with Crippen molar-refractivity contribution in [2.24, 2.45) is 17.8 Å². The molecule has 2 N–H and O–H groups in total. The molecular formula is C21H27FN2O2S. The summed E-state index contributed by atoms with van der Waals surface area (Å²) in [7, 11) is 0. The van der Waals surface area contributed by atoms with Crippen LogP contribution in [-0.2, 0) is 16.0 Å². The zero-order valence-electron chi connectivity index (χ0n) is 15.6. The largest absolute Gasteiger partial charge is 0.352 e. The second-order valence-corrected chi connectivity index (χ2v) is 9.59. The first-order valence-electron chi connectivity index (χ1n) is 9.96. The van der Waals surface area contributed by atoms with Crippen molar-refractivity contribution in [3.63, 3.8) is 0 Å². The molecule has 0 radical (unpaired) electrons. The molecule has 2 bridgehead atoms. The van der Waals surface area contributed by atoms with Gasteiger partial charge in [-0.1, -0.05) is 18.6 Å². The Hall–Kier alpha value is -1.56. The van der Waals surface area contributed by atoms with Gasteiger partial charge in [0.05, 0.1) is 5.25 Å². The fourth-order valence-corrected chi connectivity index (χ4v) is 6.25. The van der Waals surface area contributed by atoms with Crippen molar-refractivity contribution in [2.45, 2.75) is 56.4 Å². The lowest BCUT2D eigenvalue weighted by molar-refractivity contribution is -0.129. The quantitative estimate of drug-likeness (QED) is 0.813. The highest BCUT2D eigenvalue weighted by molar-refractivity contribution is 8.00. The van der Waals surface area contributed by atoms with Crippen molar-refractivity contribution in [1.29, 1.82) is 0 Å². The molecule has 4 nitrogen and oxygen atoms in total. The van der Waals surface area contributed by atoms with Crippen molar-refractivity contribution < 1.29 is 14.0 Å². The molecule has 2 aliphatic carbocycles. The zero-order chi connectivity index (χ0) is 19.0. The molecule has 1 aliphatic heterocycles. The normalized spacial score (nSPS) is 33.6. The van der Waals surface area contributed by atoms with Crippen LogP contribution in [0.25, 0.3) is 0 Å². The molecular weight excluding hydrogens is 363 g/mol. The summed E-state index contributed by atoms with van der Waals surface area (Å²) in [6.45, 7) is 2.11. The van der Waals surface area contributed by atoms with E-state index in [-0.39, 0.29) is 28.9 Å². The van der Waals surface area contributed by atoms with Gasteiger partial charge >= 0.3 is 0 Å². The number of hydrogen-bond acceptors (Lipinski definition) is 3. The third kappa shape index (κ3) is 4.15. The smallest absolute Gasteiger partial charge is 0.243 e. The summed E-state index contributed by atoms with van der Waals surface area (Å²) < 4.78 is 13.0. The number of amides is 2. The van der Waals surface area contributed by atoms with Crippen LogP contribution in [0.5, 0.6) is 0 Å². The van der Waals surface area contributed by atoms with Crippen molar-refractivity contribution in [3.05, 3.63) is 35.6 Å². The molecule has 2 saturated carbocycles. The molecule has 1 heterocycles. The van der Waals surface area contributed by atoms with Crippen LogP contribution in [0.1, 0.15) is 38.2 Å². The highest BCUT2D eigenvalue weighted by atomic mass is 32.2. The second kappa shape index (κ2) is 7.82. The lowest BCUT2D eigenvalue weighted by Crippen LogP contribution is -2.56.